The lowest BCUT2D eigenvalue weighted by atomic mass is 10.0. The van der Waals surface area contributed by atoms with Crippen LogP contribution in [-0.2, 0) is 4.57 Å². The van der Waals surface area contributed by atoms with Crippen LogP contribution in [0.25, 0.3) is 16.0 Å². The maximum absolute atomic E-state index is 13.6. The average molecular weight is 1220 g/mol. The molecule has 1 unspecified atom stereocenters. The fourth-order valence-electron chi connectivity index (χ4n) is 13.3. The molecule has 0 saturated heterocycles. The third-order valence-corrected chi connectivity index (χ3v) is 32.0. The zero-order chi connectivity index (χ0) is 60.0. The number of nitrogens with zero attached hydrogens (tertiary/aromatic N) is 7. The van der Waals surface area contributed by atoms with Crippen LogP contribution in [0, 0.1) is 6.57 Å². The van der Waals surface area contributed by atoms with Crippen molar-refractivity contribution in [2.24, 2.45) is 0 Å². The number of hydrogen-bond acceptors (Lipinski definition) is 3. The number of benzene rings is 9. The van der Waals surface area contributed by atoms with Crippen molar-refractivity contribution in [1.29, 1.82) is 0 Å². The summed E-state index contributed by atoms with van der Waals surface area (Å²) in [4.78, 5) is 3.82. The average Bonchev–Trinajstić information content (AvgIpc) is 0.835. The fourth-order valence-corrected chi connectivity index (χ4v) is 27.5. The van der Waals surface area contributed by atoms with Gasteiger partial charge in [0.2, 0.25) is 7.29 Å². The van der Waals surface area contributed by atoms with E-state index < -0.39 is 31.8 Å². The third-order valence-electron chi connectivity index (χ3n) is 17.7. The Morgan fingerprint density at radius 3 is 1.42 bits per heavy atom. The number of hydrogen-bond donors (Lipinski definition) is 0. The highest BCUT2D eigenvalue weighted by Crippen LogP contribution is 2.55. The summed E-state index contributed by atoms with van der Waals surface area (Å²) in [6, 6.07) is 79.4. The van der Waals surface area contributed by atoms with Gasteiger partial charge in [-0.25, -0.2) is 4.85 Å². The lowest BCUT2D eigenvalue weighted by Gasteiger charge is -2.51. The van der Waals surface area contributed by atoms with Crippen molar-refractivity contribution >= 4 is 126 Å². The van der Waals surface area contributed by atoms with E-state index in [0.717, 1.165) is 44.7 Å². The smallest absolute Gasteiger partial charge is 0.208 e. The molecule has 0 fully saturated rings. The fraction of sp³-hybridized carbons (Fsp3) is 0.214. The minimum absolute atomic E-state index is 0.515. The van der Waals surface area contributed by atoms with Gasteiger partial charge in [-0.1, -0.05) is 194 Å². The van der Waals surface area contributed by atoms with Crippen molar-refractivity contribution in [3.05, 3.63) is 246 Å². The van der Waals surface area contributed by atoms with Crippen molar-refractivity contribution in [3.63, 3.8) is 0 Å². The first-order valence-electron chi connectivity index (χ1n) is 28.8. The summed E-state index contributed by atoms with van der Waals surface area (Å²) in [6.45, 7) is 24.4. The minimum Gasteiger partial charge on any atom is -0.349 e. The topological polar surface area (TPSA) is 31.2 Å². The van der Waals surface area contributed by atoms with Crippen LogP contribution in [0.4, 0.5) is 39.8 Å². The maximum atomic E-state index is 13.6. The van der Waals surface area contributed by atoms with E-state index in [1.54, 1.807) is 34.9 Å². The zero-order valence-corrected chi connectivity index (χ0v) is 56.1. The Morgan fingerprint density at radius 1 is 0.500 bits per heavy atom. The van der Waals surface area contributed by atoms with Gasteiger partial charge < -0.3 is 9.13 Å². The third kappa shape index (κ3) is 11.2. The highest BCUT2D eigenvalue weighted by Gasteiger charge is 2.51. The van der Waals surface area contributed by atoms with Crippen LogP contribution in [0.2, 0.25) is 42.8 Å². The molecule has 0 spiro atoms. The molecule has 9 aromatic carbocycles. The Morgan fingerprint density at radius 2 is 0.929 bits per heavy atom. The van der Waals surface area contributed by atoms with Gasteiger partial charge in [-0.2, -0.15) is 0 Å². The first-order chi connectivity index (χ1) is 39.8. The van der Waals surface area contributed by atoms with Crippen LogP contribution < -0.4 is 58.5 Å². The van der Waals surface area contributed by atoms with Gasteiger partial charge in [0.15, 0.2) is 55.9 Å². The van der Waals surface area contributed by atoms with Crippen molar-refractivity contribution in [2.75, 3.05) is 82.8 Å². The van der Waals surface area contributed by atoms with Crippen molar-refractivity contribution in [3.8, 4) is 11.1 Å². The molecule has 9 aromatic rings. The monoisotopic (exact) mass is 1220 g/mol. The molecule has 0 radical (unpaired) electrons. The van der Waals surface area contributed by atoms with E-state index in [4.69, 9.17) is 29.8 Å². The van der Waals surface area contributed by atoms with Crippen LogP contribution in [0.1, 0.15) is 0 Å². The van der Waals surface area contributed by atoms with E-state index in [-0.39, 0.29) is 0 Å². The van der Waals surface area contributed by atoms with Gasteiger partial charge >= 0.3 is 0 Å². The van der Waals surface area contributed by atoms with Gasteiger partial charge in [0.05, 0.1) is 54.2 Å². The summed E-state index contributed by atoms with van der Waals surface area (Å²) in [5.74, 6) is 0. The summed E-state index contributed by atoms with van der Waals surface area (Å²) < 4.78 is 23.0. The van der Waals surface area contributed by atoms with E-state index >= 15 is 0 Å². The number of anilines is 3. The predicted molar refractivity (Wildman–Crippen MR) is 374 cm³/mol. The molecule has 3 aliphatic rings. The summed E-state index contributed by atoms with van der Waals surface area (Å²) in [5.41, 5.74) is 10.5. The second kappa shape index (κ2) is 23.2. The number of fused-ring (bicyclic) bond motifs is 3. The normalized spacial score (nSPS) is 18.5. The van der Waals surface area contributed by atoms with E-state index in [1.165, 1.54) is 43.7 Å². The maximum Gasteiger partial charge on any atom is 0.208 e. The molecular weight excluding hydrogens is 1140 g/mol. The quantitative estimate of drug-likeness (QED) is 0.0523. The molecule has 0 bridgehead atoms. The Bertz CT molecular complexity index is 3890. The number of rotatable bonds is 7. The van der Waals surface area contributed by atoms with Crippen LogP contribution in [0.15, 0.2) is 224 Å². The number of quaternary nitrogens is 3. The first kappa shape index (κ1) is 60.3. The first-order valence-corrected chi connectivity index (χ1v) is 40.0. The van der Waals surface area contributed by atoms with Crippen LogP contribution in [0.5, 0.6) is 0 Å². The SMILES string of the molecule is C[N+]1(C)CN(c2ccccc2)P(C)(=O)c2cc(Cl)cc(Cl)c21.C[N+]1(C)CN(c2ccccc2)[Si](C)(C)c2cccc([Si](C)(c3ccccc3)c3ccccc3)c21.[C-]#[N+]c1cc(-c2ccccc2)c2c(c1)[Si](C)(C)N(c1ccccc1)C[N+]2(C)C. The van der Waals surface area contributed by atoms with Crippen molar-refractivity contribution < 1.29 is 4.57 Å². The van der Waals surface area contributed by atoms with Crippen LogP contribution >= 0.6 is 30.5 Å². The molecule has 0 aromatic heterocycles. The molecule has 0 aliphatic carbocycles. The van der Waals surface area contributed by atoms with Crippen molar-refractivity contribution in [1.82, 2.24) is 13.4 Å². The van der Waals surface area contributed by atoms with Crippen LogP contribution in [0.3, 0.4) is 0 Å². The summed E-state index contributed by atoms with van der Waals surface area (Å²) >= 11 is 12.6. The molecule has 0 saturated carbocycles. The number of para-hydroxylation sites is 4. The lowest BCUT2D eigenvalue weighted by molar-refractivity contribution is 0.406. The molecule has 3 heterocycles. The van der Waals surface area contributed by atoms with Gasteiger partial charge in [0.1, 0.15) is 16.4 Å². The van der Waals surface area contributed by atoms with Crippen LogP contribution in [-0.4, -0.2) is 93.5 Å². The van der Waals surface area contributed by atoms with Gasteiger partial charge in [-0.3, -0.25) is 22.7 Å². The zero-order valence-electron chi connectivity index (χ0n) is 50.7. The standard InChI is InChI=1S/C30H35N2Si2.C24H26N3Si.C16H18Cl2N2OP/c1-32(2)24-31(25-16-9-6-10-17-25)33(3,4)28-22-15-23-29(30(28)32)34(5,26-18-11-7-12-19-26)27-20-13-8-14-21-27;1-25-20-16-22(19-12-8-6-9-13-19)24-23(17-20)28(4,5)26(18-27(24,2)3)21-14-10-7-11-15-21;1-20(2)11-19(13-7-5-4-6-8-13)22(3,21)15-10-12(17)9-14(18)16(15)20/h6-23H,24H2,1-5H3;6-17H,18H2,2-5H3;4-10H,11H2,1-3H3/q3*+1. The lowest BCUT2D eigenvalue weighted by Crippen LogP contribution is -2.75. The molecule has 84 heavy (non-hydrogen) atoms. The molecular formula is C70H79Cl2N7OPSi3+3. The summed E-state index contributed by atoms with van der Waals surface area (Å²) in [7, 11) is 4.51. The Balaban J connectivity index is 0.000000144. The highest BCUT2D eigenvalue weighted by atomic mass is 35.5. The number of halogens is 2. The van der Waals surface area contributed by atoms with Gasteiger partial charge in [-0.15, -0.1) is 0 Å². The summed E-state index contributed by atoms with van der Waals surface area (Å²) in [5, 5.41) is 9.25. The Kier molecular flexibility index (Phi) is 16.7. The molecule has 8 nitrogen and oxygen atoms in total. The molecule has 12 rings (SSSR count). The van der Waals surface area contributed by atoms with Gasteiger partial charge in [-0.05, 0) is 103 Å². The van der Waals surface area contributed by atoms with E-state index in [1.807, 2.05) is 41.1 Å². The largest absolute Gasteiger partial charge is 0.349 e. The second-order valence-electron chi connectivity index (χ2n) is 25.4. The molecule has 0 amide bonds. The van der Waals surface area contributed by atoms with Gasteiger partial charge in [0.25, 0.3) is 0 Å². The molecule has 1 atom stereocenters. The van der Waals surface area contributed by atoms with E-state index in [2.05, 4.69) is 265 Å². The summed E-state index contributed by atoms with van der Waals surface area (Å²) in [6.07, 6.45) is 0. The molecule has 0 N–H and O–H groups in total. The molecule has 3 aliphatic heterocycles. The second-order valence-corrected chi connectivity index (χ2v) is 41.3. The Labute approximate surface area is 513 Å². The minimum atomic E-state index is -2.79. The highest BCUT2D eigenvalue weighted by molar-refractivity contribution is 7.72. The Hall–Kier alpha value is -6.79. The molecule has 428 valence electrons. The van der Waals surface area contributed by atoms with Gasteiger partial charge in [0, 0.05) is 49.9 Å². The predicted octanol–water partition coefficient (Wildman–Crippen LogP) is 14.2. The van der Waals surface area contributed by atoms with E-state index in [9.17, 15) is 4.57 Å². The molecule has 14 heteroatoms. The van der Waals surface area contributed by atoms with Crippen molar-refractivity contribution in [2.45, 2.75) is 32.7 Å². The van der Waals surface area contributed by atoms with E-state index in [0.29, 0.717) is 21.2 Å².